The topological polar surface area (TPSA) is 55.9 Å². The molecule has 0 saturated heterocycles. The van der Waals surface area contributed by atoms with Crippen molar-refractivity contribution in [1.29, 1.82) is 0 Å². The Bertz CT molecular complexity index is 419. The Balaban J connectivity index is 2.23. The molecule has 0 aliphatic rings. The summed E-state index contributed by atoms with van der Waals surface area (Å²) in [5.41, 5.74) is 7.38. The minimum Gasteiger partial charge on any atom is -0.394 e. The first-order chi connectivity index (χ1) is 6.75. The molecule has 0 aliphatic heterocycles. The maximum atomic E-state index is 5.74. The van der Waals surface area contributed by atoms with Gasteiger partial charge in [0.1, 0.15) is 0 Å². The number of hydrogen-bond donors (Lipinski definition) is 2. The van der Waals surface area contributed by atoms with E-state index in [0.717, 1.165) is 5.69 Å². The Morgan fingerprint density at radius 1 is 1.29 bits per heavy atom. The van der Waals surface area contributed by atoms with Gasteiger partial charge in [-0.05, 0) is 12.1 Å². The van der Waals surface area contributed by atoms with Gasteiger partial charge in [0.15, 0.2) is 5.82 Å². The number of para-hydroxylation sites is 1. The van der Waals surface area contributed by atoms with E-state index < -0.39 is 0 Å². The highest BCUT2D eigenvalue weighted by atomic mass is 15.3. The molecule has 0 amide bonds. The molecular formula is C10H12N4. The van der Waals surface area contributed by atoms with Crippen LogP contribution in [0, 0.1) is 0 Å². The van der Waals surface area contributed by atoms with Crippen LogP contribution in [0.4, 0.5) is 17.2 Å². The van der Waals surface area contributed by atoms with Gasteiger partial charge < -0.3 is 11.1 Å². The van der Waals surface area contributed by atoms with Gasteiger partial charge in [-0.25, -0.2) is 0 Å². The van der Waals surface area contributed by atoms with Crippen LogP contribution in [0.15, 0.2) is 36.5 Å². The summed E-state index contributed by atoms with van der Waals surface area (Å²) in [5, 5.41) is 7.32. The molecule has 14 heavy (non-hydrogen) atoms. The summed E-state index contributed by atoms with van der Waals surface area (Å²) in [5.74, 6) is 0.693. The number of aromatic nitrogens is 2. The summed E-state index contributed by atoms with van der Waals surface area (Å²) in [6, 6.07) is 9.82. The summed E-state index contributed by atoms with van der Waals surface area (Å²) >= 11 is 0. The maximum absolute atomic E-state index is 5.74. The first-order valence-electron chi connectivity index (χ1n) is 4.37. The van der Waals surface area contributed by atoms with Crippen LogP contribution in [0.1, 0.15) is 0 Å². The van der Waals surface area contributed by atoms with Gasteiger partial charge in [0.05, 0.1) is 5.69 Å². The fourth-order valence-electron chi connectivity index (χ4n) is 1.26. The number of hydrogen-bond acceptors (Lipinski definition) is 3. The number of aryl methyl sites for hydroxylation is 1. The van der Waals surface area contributed by atoms with Crippen molar-refractivity contribution in [2.75, 3.05) is 11.1 Å². The molecule has 0 saturated carbocycles. The van der Waals surface area contributed by atoms with Crippen LogP contribution in [0.25, 0.3) is 0 Å². The summed E-state index contributed by atoms with van der Waals surface area (Å²) in [7, 11) is 1.84. The first-order valence-corrected chi connectivity index (χ1v) is 4.37. The van der Waals surface area contributed by atoms with Crippen LogP contribution in [-0.4, -0.2) is 9.78 Å². The molecule has 0 unspecified atom stereocenters. The van der Waals surface area contributed by atoms with Gasteiger partial charge in [-0.2, -0.15) is 5.10 Å². The van der Waals surface area contributed by atoms with Crippen LogP contribution >= 0.6 is 0 Å². The third-order valence-electron chi connectivity index (χ3n) is 1.89. The molecule has 1 aromatic carbocycles. The fourth-order valence-corrected chi connectivity index (χ4v) is 1.26. The highest BCUT2D eigenvalue weighted by Gasteiger charge is 2.02. The van der Waals surface area contributed by atoms with E-state index in [9.17, 15) is 0 Å². The number of anilines is 3. The van der Waals surface area contributed by atoms with Crippen LogP contribution in [0.3, 0.4) is 0 Å². The Labute approximate surface area is 82.4 Å². The van der Waals surface area contributed by atoms with Crippen LogP contribution in [0.5, 0.6) is 0 Å². The number of rotatable bonds is 2. The first kappa shape index (κ1) is 8.62. The zero-order valence-electron chi connectivity index (χ0n) is 7.94. The Hall–Kier alpha value is -1.97. The molecule has 0 fully saturated rings. The SMILES string of the molecule is Cn1cc(N)c(Nc2ccccc2)n1. The molecule has 3 N–H and O–H groups in total. The lowest BCUT2D eigenvalue weighted by molar-refractivity contribution is 0.771. The number of benzene rings is 1. The quantitative estimate of drug-likeness (QED) is 0.754. The average Bonchev–Trinajstić information content (AvgIpc) is 2.47. The number of nitrogen functional groups attached to an aromatic ring is 1. The molecule has 2 rings (SSSR count). The number of nitrogens with one attached hydrogen (secondary N) is 1. The standard InChI is InChI=1S/C10H12N4/c1-14-7-9(11)10(13-14)12-8-5-3-2-4-6-8/h2-7H,11H2,1H3,(H,12,13). The lowest BCUT2D eigenvalue weighted by Gasteiger charge is -2.02. The highest BCUT2D eigenvalue weighted by Crippen LogP contribution is 2.19. The number of nitrogens with two attached hydrogens (primary N) is 1. The minimum atomic E-state index is 0.649. The normalized spacial score (nSPS) is 10.1. The molecule has 4 nitrogen and oxygen atoms in total. The highest BCUT2D eigenvalue weighted by molar-refractivity contribution is 5.67. The maximum Gasteiger partial charge on any atom is 0.175 e. The van der Waals surface area contributed by atoms with Crippen molar-refractivity contribution in [1.82, 2.24) is 9.78 Å². The van der Waals surface area contributed by atoms with E-state index in [2.05, 4.69) is 10.4 Å². The van der Waals surface area contributed by atoms with Gasteiger partial charge in [-0.15, -0.1) is 0 Å². The summed E-state index contributed by atoms with van der Waals surface area (Å²) < 4.78 is 1.68. The summed E-state index contributed by atoms with van der Waals surface area (Å²) in [4.78, 5) is 0. The van der Waals surface area contributed by atoms with Gasteiger partial charge in [-0.1, -0.05) is 18.2 Å². The Morgan fingerprint density at radius 2 is 2.00 bits per heavy atom. The second kappa shape index (κ2) is 3.41. The van der Waals surface area contributed by atoms with Crippen LogP contribution < -0.4 is 11.1 Å². The van der Waals surface area contributed by atoms with Crippen molar-refractivity contribution >= 4 is 17.2 Å². The zero-order chi connectivity index (χ0) is 9.97. The monoisotopic (exact) mass is 188 g/mol. The summed E-state index contributed by atoms with van der Waals surface area (Å²) in [6.45, 7) is 0. The predicted octanol–water partition coefficient (Wildman–Crippen LogP) is 1.75. The second-order valence-electron chi connectivity index (χ2n) is 3.10. The van der Waals surface area contributed by atoms with Gasteiger partial charge in [0.25, 0.3) is 0 Å². The smallest absolute Gasteiger partial charge is 0.175 e. The van der Waals surface area contributed by atoms with E-state index in [1.165, 1.54) is 0 Å². The third-order valence-corrected chi connectivity index (χ3v) is 1.89. The van der Waals surface area contributed by atoms with Crippen LogP contribution in [0.2, 0.25) is 0 Å². The predicted molar refractivity (Wildman–Crippen MR) is 57.3 cm³/mol. The van der Waals surface area contributed by atoms with Crippen molar-refractivity contribution in [2.24, 2.45) is 7.05 Å². The third kappa shape index (κ3) is 1.69. The number of nitrogens with zero attached hydrogens (tertiary/aromatic N) is 2. The lowest BCUT2D eigenvalue weighted by Crippen LogP contribution is -1.95. The average molecular weight is 188 g/mol. The van der Waals surface area contributed by atoms with Crippen LogP contribution in [-0.2, 0) is 7.05 Å². The van der Waals surface area contributed by atoms with E-state index in [1.807, 2.05) is 37.4 Å². The molecule has 0 atom stereocenters. The molecule has 1 aromatic heterocycles. The Kier molecular flexibility index (Phi) is 2.10. The molecule has 72 valence electrons. The molecule has 2 aromatic rings. The van der Waals surface area contributed by atoms with Crippen molar-refractivity contribution < 1.29 is 0 Å². The van der Waals surface area contributed by atoms with Gasteiger partial charge in [0, 0.05) is 18.9 Å². The van der Waals surface area contributed by atoms with Crippen molar-refractivity contribution in [3.8, 4) is 0 Å². The fraction of sp³-hybridized carbons (Fsp3) is 0.100. The van der Waals surface area contributed by atoms with Crippen molar-refractivity contribution in [3.05, 3.63) is 36.5 Å². The molecule has 4 heteroatoms. The Morgan fingerprint density at radius 3 is 2.57 bits per heavy atom. The van der Waals surface area contributed by atoms with Gasteiger partial charge in [-0.3, -0.25) is 4.68 Å². The van der Waals surface area contributed by atoms with E-state index in [0.29, 0.717) is 11.5 Å². The second-order valence-corrected chi connectivity index (χ2v) is 3.10. The lowest BCUT2D eigenvalue weighted by atomic mass is 10.3. The van der Waals surface area contributed by atoms with Gasteiger partial charge >= 0.3 is 0 Å². The summed E-state index contributed by atoms with van der Waals surface area (Å²) in [6.07, 6.45) is 1.77. The van der Waals surface area contributed by atoms with Crippen molar-refractivity contribution in [2.45, 2.75) is 0 Å². The van der Waals surface area contributed by atoms with Crippen molar-refractivity contribution in [3.63, 3.8) is 0 Å². The van der Waals surface area contributed by atoms with E-state index in [4.69, 9.17) is 5.73 Å². The molecule has 0 radical (unpaired) electrons. The molecule has 0 aliphatic carbocycles. The van der Waals surface area contributed by atoms with E-state index in [1.54, 1.807) is 10.9 Å². The minimum absolute atomic E-state index is 0.649. The molecule has 1 heterocycles. The molecular weight excluding hydrogens is 176 g/mol. The molecule has 0 bridgehead atoms. The molecule has 0 spiro atoms. The zero-order valence-corrected chi connectivity index (χ0v) is 7.94. The van der Waals surface area contributed by atoms with E-state index in [-0.39, 0.29) is 0 Å². The largest absolute Gasteiger partial charge is 0.394 e. The van der Waals surface area contributed by atoms with E-state index >= 15 is 0 Å². The van der Waals surface area contributed by atoms with Gasteiger partial charge in [0.2, 0.25) is 0 Å².